The number of H-pyrrole nitrogens is 1. The Morgan fingerprint density at radius 2 is 2.03 bits per heavy atom. The summed E-state index contributed by atoms with van der Waals surface area (Å²) in [5.41, 5.74) is -0.0423. The molecule has 2 heterocycles. The molecule has 2 aromatic heterocycles. The average Bonchev–Trinajstić information content (AvgIpc) is 3.03. The van der Waals surface area contributed by atoms with Gasteiger partial charge in [0.25, 0.3) is 5.56 Å². The van der Waals surface area contributed by atoms with Gasteiger partial charge in [0.2, 0.25) is 5.91 Å². The third kappa shape index (κ3) is 5.43. The fourth-order valence-corrected chi connectivity index (χ4v) is 4.00. The number of carbonyl (C=O) groups excluding carboxylic acids is 1. The summed E-state index contributed by atoms with van der Waals surface area (Å²) in [7, 11) is 0. The minimum atomic E-state index is -4.67. The third-order valence-corrected chi connectivity index (χ3v) is 5.49. The number of thioether (sulfide) groups is 1. The molecule has 11 heteroatoms. The van der Waals surface area contributed by atoms with Crippen LogP contribution in [0.3, 0.4) is 0 Å². The standard InChI is InChI=1S/C20H20ClF3N4O2S/c1-10(2)8-28-18(30)17-15(6-11(3)25-17)27-19(28)31-9-16(29)26-14-5-4-12(21)7-13(14)20(22,23)24/h4-7,10,25H,8-9H2,1-3H3,(H,26,29). The normalized spacial score (nSPS) is 12.0. The number of halogens is 4. The first-order valence-electron chi connectivity index (χ1n) is 9.35. The Morgan fingerprint density at radius 1 is 1.32 bits per heavy atom. The van der Waals surface area contributed by atoms with E-state index in [-0.39, 0.29) is 27.9 Å². The number of nitrogens with zero attached hydrogens (tertiary/aromatic N) is 2. The summed E-state index contributed by atoms with van der Waals surface area (Å²) in [5.74, 6) is -0.738. The number of rotatable bonds is 6. The summed E-state index contributed by atoms with van der Waals surface area (Å²) >= 11 is 6.65. The second-order valence-electron chi connectivity index (χ2n) is 7.44. The molecule has 0 unspecified atom stereocenters. The number of fused-ring (bicyclic) bond motifs is 1. The van der Waals surface area contributed by atoms with Crippen molar-refractivity contribution in [1.29, 1.82) is 0 Å². The predicted molar refractivity (Wildman–Crippen MR) is 116 cm³/mol. The molecule has 2 N–H and O–H groups in total. The average molecular weight is 473 g/mol. The van der Waals surface area contributed by atoms with Crippen LogP contribution in [0.25, 0.3) is 11.0 Å². The van der Waals surface area contributed by atoms with Crippen molar-refractivity contribution in [3.05, 3.63) is 50.9 Å². The van der Waals surface area contributed by atoms with Crippen LogP contribution >= 0.6 is 23.4 Å². The quantitative estimate of drug-likeness (QED) is 0.387. The van der Waals surface area contributed by atoms with Crippen molar-refractivity contribution < 1.29 is 18.0 Å². The second-order valence-corrected chi connectivity index (χ2v) is 8.82. The Kier molecular flexibility index (Phi) is 6.70. The molecule has 3 aromatic rings. The van der Waals surface area contributed by atoms with Crippen LogP contribution in [0.2, 0.25) is 5.02 Å². The van der Waals surface area contributed by atoms with Gasteiger partial charge in [0.05, 0.1) is 22.5 Å². The van der Waals surface area contributed by atoms with E-state index in [9.17, 15) is 22.8 Å². The smallest absolute Gasteiger partial charge is 0.353 e. The lowest BCUT2D eigenvalue weighted by atomic mass is 10.1. The second kappa shape index (κ2) is 8.96. The van der Waals surface area contributed by atoms with E-state index in [2.05, 4.69) is 15.3 Å². The highest BCUT2D eigenvalue weighted by Crippen LogP contribution is 2.36. The van der Waals surface area contributed by atoms with Crippen LogP contribution < -0.4 is 10.9 Å². The summed E-state index contributed by atoms with van der Waals surface area (Å²) in [6.07, 6.45) is -4.67. The molecule has 0 spiro atoms. The van der Waals surface area contributed by atoms with Gasteiger partial charge in [0, 0.05) is 17.3 Å². The zero-order chi connectivity index (χ0) is 22.9. The van der Waals surface area contributed by atoms with Gasteiger partial charge in [-0.05, 0) is 37.1 Å². The van der Waals surface area contributed by atoms with E-state index >= 15 is 0 Å². The molecule has 0 aliphatic rings. The Morgan fingerprint density at radius 3 is 2.68 bits per heavy atom. The maximum Gasteiger partial charge on any atom is 0.418 e. The van der Waals surface area contributed by atoms with Crippen LogP contribution in [0.15, 0.2) is 34.2 Å². The van der Waals surface area contributed by atoms with Crippen molar-refractivity contribution in [3.63, 3.8) is 0 Å². The number of carbonyl (C=O) groups is 1. The number of aromatic nitrogens is 3. The van der Waals surface area contributed by atoms with E-state index in [4.69, 9.17) is 11.6 Å². The highest BCUT2D eigenvalue weighted by Gasteiger charge is 2.34. The molecular weight excluding hydrogens is 453 g/mol. The van der Waals surface area contributed by atoms with Gasteiger partial charge in [-0.1, -0.05) is 37.2 Å². The van der Waals surface area contributed by atoms with Crippen molar-refractivity contribution >= 4 is 46.0 Å². The van der Waals surface area contributed by atoms with Crippen molar-refractivity contribution in [2.75, 3.05) is 11.1 Å². The van der Waals surface area contributed by atoms with Crippen molar-refractivity contribution in [3.8, 4) is 0 Å². The number of hydrogen-bond donors (Lipinski definition) is 2. The fraction of sp³-hybridized carbons (Fsp3) is 0.350. The minimum absolute atomic E-state index is 0.0864. The first-order chi connectivity index (χ1) is 14.5. The van der Waals surface area contributed by atoms with Gasteiger partial charge in [0.15, 0.2) is 5.16 Å². The van der Waals surface area contributed by atoms with E-state index in [1.165, 1.54) is 10.6 Å². The first kappa shape index (κ1) is 23.2. The molecule has 0 saturated heterocycles. The van der Waals surface area contributed by atoms with Crippen molar-refractivity contribution in [1.82, 2.24) is 14.5 Å². The molecule has 0 saturated carbocycles. The first-order valence-corrected chi connectivity index (χ1v) is 10.7. The largest absolute Gasteiger partial charge is 0.418 e. The zero-order valence-corrected chi connectivity index (χ0v) is 18.5. The maximum atomic E-state index is 13.2. The van der Waals surface area contributed by atoms with E-state index in [0.29, 0.717) is 22.7 Å². The lowest BCUT2D eigenvalue weighted by Gasteiger charge is -2.15. The summed E-state index contributed by atoms with van der Waals surface area (Å²) < 4.78 is 41.2. The number of anilines is 1. The lowest BCUT2D eigenvalue weighted by molar-refractivity contribution is -0.137. The molecule has 0 bridgehead atoms. The zero-order valence-electron chi connectivity index (χ0n) is 16.9. The van der Waals surface area contributed by atoms with Gasteiger partial charge in [0.1, 0.15) is 5.52 Å². The number of nitrogens with one attached hydrogen (secondary N) is 2. The molecule has 0 aliphatic carbocycles. The molecule has 0 atom stereocenters. The summed E-state index contributed by atoms with van der Waals surface area (Å²) in [6, 6.07) is 4.86. The highest BCUT2D eigenvalue weighted by molar-refractivity contribution is 7.99. The summed E-state index contributed by atoms with van der Waals surface area (Å²) in [6.45, 7) is 6.08. The van der Waals surface area contributed by atoms with Gasteiger partial charge in [-0.2, -0.15) is 13.2 Å². The molecule has 1 amide bonds. The Balaban J connectivity index is 1.84. The summed E-state index contributed by atoms with van der Waals surface area (Å²) in [4.78, 5) is 32.7. The molecule has 0 aliphatic heterocycles. The van der Waals surface area contributed by atoms with Crippen LogP contribution in [0, 0.1) is 12.8 Å². The molecule has 0 radical (unpaired) electrons. The van der Waals surface area contributed by atoms with Gasteiger partial charge in [-0.15, -0.1) is 0 Å². The van der Waals surface area contributed by atoms with Gasteiger partial charge in [-0.25, -0.2) is 4.98 Å². The van der Waals surface area contributed by atoms with Crippen molar-refractivity contribution in [2.45, 2.75) is 38.6 Å². The molecule has 3 rings (SSSR count). The van der Waals surface area contributed by atoms with Crippen molar-refractivity contribution in [2.24, 2.45) is 5.92 Å². The topological polar surface area (TPSA) is 79.8 Å². The lowest BCUT2D eigenvalue weighted by Crippen LogP contribution is -2.26. The van der Waals surface area contributed by atoms with Gasteiger partial charge >= 0.3 is 6.18 Å². The summed E-state index contributed by atoms with van der Waals surface area (Å²) in [5, 5.41) is 2.51. The number of aromatic amines is 1. The van der Waals surface area contributed by atoms with Crippen LogP contribution in [0.4, 0.5) is 18.9 Å². The van der Waals surface area contributed by atoms with E-state index < -0.39 is 17.6 Å². The van der Waals surface area contributed by atoms with Crippen LogP contribution in [-0.4, -0.2) is 26.2 Å². The minimum Gasteiger partial charge on any atom is -0.353 e. The SMILES string of the molecule is Cc1cc2nc(SCC(=O)Nc3ccc(Cl)cc3C(F)(F)F)n(CC(C)C)c(=O)c2[nH]1. The number of alkyl halides is 3. The molecule has 166 valence electrons. The third-order valence-electron chi connectivity index (χ3n) is 4.28. The maximum absolute atomic E-state index is 13.2. The van der Waals surface area contributed by atoms with E-state index in [1.54, 1.807) is 13.0 Å². The number of hydrogen-bond acceptors (Lipinski definition) is 4. The molecule has 31 heavy (non-hydrogen) atoms. The van der Waals surface area contributed by atoms with E-state index in [0.717, 1.165) is 29.6 Å². The molecule has 6 nitrogen and oxygen atoms in total. The van der Waals surface area contributed by atoms with Crippen LogP contribution in [0.5, 0.6) is 0 Å². The van der Waals surface area contributed by atoms with E-state index in [1.807, 2.05) is 13.8 Å². The number of benzene rings is 1. The van der Waals surface area contributed by atoms with Gasteiger partial charge in [-0.3, -0.25) is 14.2 Å². The predicted octanol–water partition coefficient (Wildman–Crippen LogP) is 5.09. The Hall–Kier alpha value is -2.46. The number of aryl methyl sites for hydroxylation is 1. The number of amides is 1. The van der Waals surface area contributed by atoms with Gasteiger partial charge < -0.3 is 10.3 Å². The van der Waals surface area contributed by atoms with Crippen LogP contribution in [0.1, 0.15) is 25.1 Å². The van der Waals surface area contributed by atoms with Crippen LogP contribution in [-0.2, 0) is 17.5 Å². The Bertz CT molecular complexity index is 1190. The molecule has 1 aromatic carbocycles. The monoisotopic (exact) mass is 472 g/mol. The fourth-order valence-electron chi connectivity index (χ4n) is 3.02. The highest BCUT2D eigenvalue weighted by atomic mass is 35.5. The molecular formula is C20H20ClF3N4O2S. The molecule has 0 fully saturated rings. The Labute approximate surface area is 185 Å².